The van der Waals surface area contributed by atoms with E-state index in [0.717, 1.165) is 18.2 Å². The summed E-state index contributed by atoms with van der Waals surface area (Å²) in [4.78, 5) is 22.5. The van der Waals surface area contributed by atoms with Gasteiger partial charge in [0.15, 0.2) is 0 Å². The Balaban J connectivity index is 0.00000576. The van der Waals surface area contributed by atoms with Crippen molar-refractivity contribution in [2.75, 3.05) is 0 Å². The van der Waals surface area contributed by atoms with Crippen molar-refractivity contribution in [1.82, 2.24) is 0 Å². The van der Waals surface area contributed by atoms with Crippen LogP contribution >= 0.6 is 0 Å². The summed E-state index contributed by atoms with van der Waals surface area (Å²) >= 11 is 0. The Hall–Kier alpha value is -1.33. The molecular formula is C16H23LiO7S. The third-order valence-electron chi connectivity index (χ3n) is 3.43. The fourth-order valence-electron chi connectivity index (χ4n) is 2.16. The summed E-state index contributed by atoms with van der Waals surface area (Å²) in [5, 5.41) is 8.93. The average molecular weight is 366 g/mol. The molecule has 0 amide bonds. The van der Waals surface area contributed by atoms with Gasteiger partial charge < -0.3 is 9.84 Å². The minimum atomic E-state index is -4.78. The van der Waals surface area contributed by atoms with Crippen molar-refractivity contribution in [3.05, 3.63) is 29.3 Å². The summed E-state index contributed by atoms with van der Waals surface area (Å²) in [5.74, 6) is -2.01. The molecule has 25 heavy (non-hydrogen) atoms. The molecule has 136 valence electrons. The summed E-state index contributed by atoms with van der Waals surface area (Å²) in [5.41, 5.74) is -0.751. The molecule has 1 atom stereocenters. The number of benzene rings is 1. The van der Waals surface area contributed by atoms with Crippen LogP contribution in [-0.2, 0) is 14.9 Å². The molecule has 0 saturated carbocycles. The van der Waals surface area contributed by atoms with Gasteiger partial charge in [-0.05, 0) is 36.5 Å². The second kappa shape index (κ2) is 9.39. The molecule has 0 aliphatic carbocycles. The molecular weight excluding hydrogens is 343 g/mol. The van der Waals surface area contributed by atoms with Crippen molar-refractivity contribution in [2.24, 2.45) is 11.8 Å². The van der Waals surface area contributed by atoms with E-state index < -0.39 is 38.6 Å². The molecule has 1 aromatic carbocycles. The molecule has 0 aromatic heterocycles. The van der Waals surface area contributed by atoms with E-state index in [-0.39, 0.29) is 36.3 Å². The fraction of sp³-hybridized carbons (Fsp3) is 0.500. The quantitative estimate of drug-likeness (QED) is 0.431. The molecule has 0 heterocycles. The number of rotatable bonds is 7. The van der Waals surface area contributed by atoms with Crippen LogP contribution < -0.4 is 0 Å². The van der Waals surface area contributed by atoms with Gasteiger partial charge in [-0.3, -0.25) is 4.55 Å². The first kappa shape index (κ1) is 23.7. The van der Waals surface area contributed by atoms with Crippen molar-refractivity contribution >= 4 is 40.9 Å². The van der Waals surface area contributed by atoms with E-state index in [9.17, 15) is 22.6 Å². The van der Waals surface area contributed by atoms with Gasteiger partial charge in [0.2, 0.25) is 0 Å². The van der Waals surface area contributed by atoms with Crippen LogP contribution in [0.5, 0.6) is 0 Å². The SMILES string of the molecule is CC(C)CC(OC(=O)c1ccc(C(=O)O)cc1S(=O)(=O)O)C(C)C.[LiH]. The van der Waals surface area contributed by atoms with E-state index in [0.29, 0.717) is 6.42 Å². The molecule has 0 radical (unpaired) electrons. The molecule has 1 aromatic rings. The second-order valence-corrected chi connectivity index (χ2v) is 7.70. The molecule has 0 bridgehead atoms. The summed E-state index contributed by atoms with van der Waals surface area (Å²) in [7, 11) is -4.78. The first-order valence-corrected chi connectivity index (χ1v) is 8.93. The van der Waals surface area contributed by atoms with Gasteiger partial charge in [0.25, 0.3) is 10.1 Å². The number of ether oxygens (including phenoxy) is 1. The fourth-order valence-corrected chi connectivity index (χ4v) is 2.86. The number of carboxylic acid groups (broad SMARTS) is 1. The Bertz CT molecular complexity index is 726. The van der Waals surface area contributed by atoms with Crippen LogP contribution in [0.4, 0.5) is 0 Å². The molecule has 0 aliphatic rings. The second-order valence-electron chi connectivity index (χ2n) is 6.31. The normalized spacial score (nSPS) is 12.6. The minimum absolute atomic E-state index is 0. The van der Waals surface area contributed by atoms with Gasteiger partial charge in [-0.15, -0.1) is 0 Å². The van der Waals surface area contributed by atoms with Gasteiger partial charge >= 0.3 is 30.8 Å². The molecule has 9 heteroatoms. The Labute approximate surface area is 159 Å². The van der Waals surface area contributed by atoms with Crippen molar-refractivity contribution < 1.29 is 32.4 Å². The monoisotopic (exact) mass is 366 g/mol. The number of esters is 1. The Morgan fingerprint density at radius 2 is 1.72 bits per heavy atom. The molecule has 0 aliphatic heterocycles. The Kier molecular flexibility index (Phi) is 8.89. The van der Waals surface area contributed by atoms with Crippen LogP contribution in [0.1, 0.15) is 54.8 Å². The van der Waals surface area contributed by atoms with Crippen molar-refractivity contribution in [2.45, 2.75) is 45.1 Å². The predicted molar refractivity (Wildman–Crippen MR) is 93.9 cm³/mol. The maximum absolute atomic E-state index is 12.3. The van der Waals surface area contributed by atoms with Crippen molar-refractivity contribution in [1.29, 1.82) is 0 Å². The summed E-state index contributed by atoms with van der Waals surface area (Å²) in [6, 6.07) is 2.85. The summed E-state index contributed by atoms with van der Waals surface area (Å²) < 4.78 is 37.6. The van der Waals surface area contributed by atoms with Gasteiger partial charge in [0.1, 0.15) is 11.0 Å². The first-order chi connectivity index (χ1) is 10.9. The number of carbonyl (C=O) groups is 2. The molecule has 2 N–H and O–H groups in total. The number of carboxylic acids is 1. The number of aromatic carboxylic acids is 1. The van der Waals surface area contributed by atoms with E-state index in [1.807, 2.05) is 27.7 Å². The summed E-state index contributed by atoms with van der Waals surface area (Å²) in [6.45, 7) is 7.68. The van der Waals surface area contributed by atoms with Gasteiger partial charge in [-0.2, -0.15) is 8.42 Å². The van der Waals surface area contributed by atoms with Crippen molar-refractivity contribution in [3.8, 4) is 0 Å². The van der Waals surface area contributed by atoms with Crippen molar-refractivity contribution in [3.63, 3.8) is 0 Å². The molecule has 0 fully saturated rings. The van der Waals surface area contributed by atoms with Gasteiger partial charge in [-0.25, -0.2) is 9.59 Å². The van der Waals surface area contributed by atoms with Crippen LogP contribution in [0.3, 0.4) is 0 Å². The molecule has 0 saturated heterocycles. The Morgan fingerprint density at radius 1 is 1.16 bits per heavy atom. The molecule has 1 unspecified atom stereocenters. The number of hydrogen-bond acceptors (Lipinski definition) is 5. The molecule has 0 spiro atoms. The van der Waals surface area contributed by atoms with Crippen LogP contribution in [0.2, 0.25) is 0 Å². The molecule has 7 nitrogen and oxygen atoms in total. The zero-order valence-corrected chi connectivity index (χ0v) is 14.8. The third-order valence-corrected chi connectivity index (χ3v) is 4.33. The number of hydrogen-bond donors (Lipinski definition) is 2. The van der Waals surface area contributed by atoms with Crippen LogP contribution in [0.15, 0.2) is 23.1 Å². The third kappa shape index (κ3) is 6.82. The van der Waals surface area contributed by atoms with Gasteiger partial charge in [0, 0.05) is 0 Å². The standard InChI is InChI=1S/C16H22O7S.Li.H/c1-9(2)7-13(10(3)4)23-16(19)12-6-5-11(15(17)18)8-14(12)24(20,21)22;;/h5-6,8-10,13H,7H2,1-4H3,(H,17,18)(H,20,21,22);;. The Morgan fingerprint density at radius 3 is 2.12 bits per heavy atom. The van der Waals surface area contributed by atoms with E-state index >= 15 is 0 Å². The average Bonchev–Trinajstić information content (AvgIpc) is 2.44. The van der Waals surface area contributed by atoms with Gasteiger partial charge in [0.05, 0.1) is 11.1 Å². The summed E-state index contributed by atoms with van der Waals surface area (Å²) in [6.07, 6.45) is 0.170. The zero-order valence-electron chi connectivity index (χ0n) is 14.0. The molecule has 1 rings (SSSR count). The zero-order chi connectivity index (χ0) is 18.7. The van der Waals surface area contributed by atoms with E-state index in [1.54, 1.807) is 0 Å². The van der Waals surface area contributed by atoms with Crippen LogP contribution in [-0.4, -0.2) is 55.0 Å². The van der Waals surface area contributed by atoms with E-state index in [4.69, 9.17) is 9.84 Å². The topological polar surface area (TPSA) is 118 Å². The first-order valence-electron chi connectivity index (χ1n) is 7.49. The predicted octanol–water partition coefficient (Wildman–Crippen LogP) is 2.21. The van der Waals surface area contributed by atoms with Crippen LogP contribution in [0.25, 0.3) is 0 Å². The number of carbonyl (C=O) groups excluding carboxylic acids is 1. The van der Waals surface area contributed by atoms with Crippen LogP contribution in [0, 0.1) is 11.8 Å². The van der Waals surface area contributed by atoms with Gasteiger partial charge in [-0.1, -0.05) is 27.7 Å². The van der Waals surface area contributed by atoms with E-state index in [1.165, 1.54) is 0 Å². The maximum atomic E-state index is 12.3. The van der Waals surface area contributed by atoms with E-state index in [2.05, 4.69) is 0 Å².